The van der Waals surface area contributed by atoms with Crippen molar-refractivity contribution in [3.05, 3.63) is 0 Å². The van der Waals surface area contributed by atoms with Gasteiger partial charge in [-0.1, -0.05) is 463 Å². The Labute approximate surface area is 848 Å². The van der Waals surface area contributed by atoms with Crippen molar-refractivity contribution in [2.75, 3.05) is 46.8 Å². The minimum atomic E-state index is -1.01. The minimum absolute atomic E-state index is 0.00664. The van der Waals surface area contributed by atoms with E-state index in [4.69, 9.17) is 63.8 Å². The molecule has 828 valence electrons. The Morgan fingerprint density at radius 1 is 0.181 bits per heavy atom. The summed E-state index contributed by atoms with van der Waals surface area (Å²) in [5.41, 5.74) is 0. The molecule has 0 aliphatic carbocycles. The lowest BCUT2D eigenvalue weighted by molar-refractivity contribution is -0.159. The molecule has 0 spiro atoms. The second-order valence-corrected chi connectivity index (χ2v) is 38.1. The molecule has 0 saturated carbocycles. The molecule has 0 bridgehead atoms. The average Bonchev–Trinajstić information content (AvgIpc) is 0.936. The highest BCUT2D eigenvalue weighted by molar-refractivity contribution is 5.76. The summed E-state index contributed by atoms with van der Waals surface area (Å²) < 4.78 is 39.1. The van der Waals surface area contributed by atoms with Crippen molar-refractivity contribution in [1.29, 1.82) is 0 Å². The van der Waals surface area contributed by atoms with Crippen molar-refractivity contribution < 1.29 is 117 Å². The lowest BCUT2D eigenvalue weighted by atomic mass is 10.0. The van der Waals surface area contributed by atoms with Crippen LogP contribution in [0.3, 0.4) is 0 Å². The molecule has 8 N–H and O–H groups in total. The third-order valence-corrected chi connectivity index (χ3v) is 23.7. The van der Waals surface area contributed by atoms with Gasteiger partial charge in [-0.05, 0) is 123 Å². The van der Waals surface area contributed by atoms with Crippen LogP contribution in [-0.2, 0) is 76.3 Å². The molecule has 0 aromatic carbocycles. The molecule has 0 aromatic rings. The van der Waals surface area contributed by atoms with Crippen LogP contribution in [0, 0.1) is 5.92 Å². The summed E-state index contributed by atoms with van der Waals surface area (Å²) in [4.78, 5) is 87.9. The predicted molar refractivity (Wildman–Crippen MR) is 568 cm³/mol. The predicted octanol–water partition coefficient (Wildman–Crippen LogP) is 28.2. The van der Waals surface area contributed by atoms with E-state index in [-0.39, 0.29) is 6.10 Å². The van der Waals surface area contributed by atoms with Gasteiger partial charge in [0.05, 0.1) is 46.8 Å². The number of carbonyl (C=O) groups excluding carboxylic acids is 8. The maximum Gasteiger partial charge on any atom is 0.334 e. The summed E-state index contributed by atoms with van der Waals surface area (Å²) in [7, 11) is 1.25. The minimum Gasteiger partial charge on any atom is -0.467 e. The van der Waals surface area contributed by atoms with Gasteiger partial charge in [-0.3, -0.25) is 0 Å². The Kier molecular flexibility index (Phi) is 134. The summed E-state index contributed by atoms with van der Waals surface area (Å²) in [5.74, 6) is -3.11. The van der Waals surface area contributed by atoms with Gasteiger partial charge >= 0.3 is 47.8 Å². The molecule has 0 saturated heterocycles. The molecular formula is C114H228O24. The number of hydrogen-bond acceptors (Lipinski definition) is 24. The van der Waals surface area contributed by atoms with Crippen LogP contribution in [0.1, 0.15) is 580 Å². The topological polar surface area (TPSA) is 372 Å². The van der Waals surface area contributed by atoms with Gasteiger partial charge in [0.15, 0.2) is 30.5 Å². The molecule has 0 heterocycles. The van der Waals surface area contributed by atoms with Crippen LogP contribution >= 0.6 is 0 Å². The van der Waals surface area contributed by atoms with Crippen LogP contribution in [0.15, 0.2) is 0 Å². The van der Waals surface area contributed by atoms with E-state index in [1.165, 1.54) is 355 Å². The van der Waals surface area contributed by atoms with E-state index < -0.39 is 96.6 Å². The van der Waals surface area contributed by atoms with Crippen LogP contribution < -0.4 is 0 Å². The highest BCUT2D eigenvalue weighted by Crippen LogP contribution is 2.21. The van der Waals surface area contributed by atoms with Crippen molar-refractivity contribution in [2.24, 2.45) is 5.92 Å². The van der Waals surface area contributed by atoms with Crippen LogP contribution in [0.25, 0.3) is 0 Å². The number of esters is 8. The normalized spacial score (nSPS) is 12.7. The molecule has 9 atom stereocenters. The van der Waals surface area contributed by atoms with Crippen molar-refractivity contribution in [2.45, 2.75) is 635 Å². The first-order valence-electron chi connectivity index (χ1n) is 57.2. The first-order chi connectivity index (χ1) is 66.4. The Morgan fingerprint density at radius 3 is 0.500 bits per heavy atom. The van der Waals surface area contributed by atoms with Crippen molar-refractivity contribution in [3.63, 3.8) is 0 Å². The number of rotatable bonds is 88. The number of methoxy groups -OCH3 is 1. The molecule has 0 amide bonds. The number of hydrogen-bond donors (Lipinski definition) is 8. The molecule has 0 rings (SSSR count). The summed E-state index contributed by atoms with van der Waals surface area (Å²) in [6.45, 7) is 35.7. The van der Waals surface area contributed by atoms with E-state index >= 15 is 0 Å². The standard InChI is InChI=1S/C23H46O3.2C21H42O3.C14H28O3.C12H24O3.C10H20O3.C8H16O3.C5H10O3/c1-4-6-8-10-12-13-14-16-18-20-22(26-23(25)21(3)24)19-17-15-11-9-7-5-2;1-19(2)17-15-13-11-9-7-5-4-6-8-10-12-14-16-18-24-21(23)20(3)22;1-3-4-5-6-7-8-9-10-11-12-13-14-15-16-17-18-19-24-21(23)20(2)22;1-3-5-6-7-8-9-10-11-12-17-14(16)13(15)4-2;1-3-5-6-7-8-9-10-15-12(14)11(13)4-2;1-3-5-6-7-8-13-10(12)9(11)4-2;1-3-5-6-11-8(10)7(9)4-2;1-3-4(6)5(7)8-2/h21-22,24H,4-20H2,1-3H3;19-20,22H,4-18H2,1-3H3;20,22H,3-19H2,1-2H3;13,15H,3-12H2,1-2H3;11,13H,3-10H2,1-2H3;9,11H,3-8H2,1-2H3;7,9H,3-6H2,1-2H3;4,6H,3H2,1-2H3. The zero-order chi connectivity index (χ0) is 105. The quantitative estimate of drug-likeness (QED) is 0.0159. The molecule has 138 heavy (non-hydrogen) atoms. The summed E-state index contributed by atoms with van der Waals surface area (Å²) in [5, 5.41) is 72.3. The molecule has 0 aliphatic rings. The van der Waals surface area contributed by atoms with Gasteiger partial charge in [0.25, 0.3) is 0 Å². The second kappa shape index (κ2) is 125. The highest BCUT2D eigenvalue weighted by Gasteiger charge is 2.21. The SMILES string of the molecule is CC(C)CCCCCCCCCCCCCCCOC(=O)C(C)O.CCC(O)C(=O)OC.CCCCCCCCCCCC(CCCCCCCC)OC(=O)C(C)O.CCCCCCCCCCCCCCCCCCOC(=O)C(C)O.CCCCCCCCCCOC(=O)C(O)CC.CCCCCCCCOC(=O)C(O)CC.CCCCCCOC(=O)C(O)CC.CCCCOC(=O)C(O)CC. The van der Waals surface area contributed by atoms with Crippen molar-refractivity contribution in [1.82, 2.24) is 0 Å². The molecule has 0 radical (unpaired) electrons. The molecule has 24 nitrogen and oxygen atoms in total. The molecule has 0 fully saturated rings. The van der Waals surface area contributed by atoms with E-state index in [0.717, 1.165) is 109 Å². The largest absolute Gasteiger partial charge is 0.467 e. The van der Waals surface area contributed by atoms with Crippen LogP contribution in [0.5, 0.6) is 0 Å². The third-order valence-electron chi connectivity index (χ3n) is 23.7. The molecule has 24 heteroatoms. The Balaban J connectivity index is -0.000000239. The zero-order valence-corrected chi connectivity index (χ0v) is 93.0. The molecule has 9 unspecified atom stereocenters. The monoisotopic (exact) mass is 1980 g/mol. The molecule has 0 aromatic heterocycles. The second-order valence-electron chi connectivity index (χ2n) is 38.1. The number of aliphatic hydroxyl groups excluding tert-OH is 8. The van der Waals surface area contributed by atoms with E-state index in [9.17, 15) is 48.6 Å². The molecular weight excluding hydrogens is 1750 g/mol. The number of carbonyl (C=O) groups is 8. The fraction of sp³-hybridized carbons (Fsp3) is 0.930. The van der Waals surface area contributed by atoms with Gasteiger partial charge < -0.3 is 78.7 Å². The van der Waals surface area contributed by atoms with Gasteiger partial charge in [0, 0.05) is 0 Å². The van der Waals surface area contributed by atoms with Crippen LogP contribution in [-0.4, -0.2) is 190 Å². The lowest BCUT2D eigenvalue weighted by Gasteiger charge is -2.19. The average molecular weight is 1980 g/mol. The van der Waals surface area contributed by atoms with E-state index in [0.29, 0.717) is 71.7 Å². The summed E-state index contributed by atoms with van der Waals surface area (Å²) >= 11 is 0. The number of unbranched alkanes of at least 4 members (excludes halogenated alkanes) is 56. The molecule has 0 aliphatic heterocycles. The van der Waals surface area contributed by atoms with Crippen LogP contribution in [0.4, 0.5) is 0 Å². The zero-order valence-electron chi connectivity index (χ0n) is 93.0. The first-order valence-corrected chi connectivity index (χ1v) is 57.2. The van der Waals surface area contributed by atoms with Gasteiger partial charge in [0.2, 0.25) is 0 Å². The van der Waals surface area contributed by atoms with E-state index in [2.05, 4.69) is 60.1 Å². The van der Waals surface area contributed by atoms with E-state index in [1.54, 1.807) is 34.6 Å². The van der Waals surface area contributed by atoms with Gasteiger partial charge in [-0.15, -0.1) is 0 Å². The maximum absolute atomic E-state index is 11.7. The smallest absolute Gasteiger partial charge is 0.334 e. The summed E-state index contributed by atoms with van der Waals surface area (Å²) in [6, 6.07) is 0. The lowest BCUT2D eigenvalue weighted by Crippen LogP contribution is -2.26. The van der Waals surface area contributed by atoms with Gasteiger partial charge in [0.1, 0.15) is 24.4 Å². The van der Waals surface area contributed by atoms with Crippen molar-refractivity contribution >= 4 is 47.8 Å². The Hall–Kier alpha value is -4.56. The van der Waals surface area contributed by atoms with Crippen LogP contribution in [0.2, 0.25) is 0 Å². The van der Waals surface area contributed by atoms with Crippen molar-refractivity contribution in [3.8, 4) is 0 Å². The number of ether oxygens (including phenoxy) is 8. The fourth-order valence-corrected chi connectivity index (χ4v) is 14.0. The highest BCUT2D eigenvalue weighted by atomic mass is 16.6. The first kappa shape index (κ1) is 149. The van der Waals surface area contributed by atoms with E-state index in [1.807, 2.05) is 6.92 Å². The maximum atomic E-state index is 11.7. The third kappa shape index (κ3) is 128. The Bertz CT molecular complexity index is 2470. The van der Waals surface area contributed by atoms with Gasteiger partial charge in [-0.25, -0.2) is 38.4 Å². The number of aliphatic hydroxyl groups is 8. The van der Waals surface area contributed by atoms with Gasteiger partial charge in [-0.2, -0.15) is 0 Å². The fourth-order valence-electron chi connectivity index (χ4n) is 14.0. The summed E-state index contributed by atoms with van der Waals surface area (Å²) in [6.07, 6.45) is 78.5. The Morgan fingerprint density at radius 2 is 0.333 bits per heavy atom.